The van der Waals surface area contributed by atoms with Crippen LogP contribution in [0.3, 0.4) is 0 Å². The fourth-order valence-corrected chi connectivity index (χ4v) is 6.32. The molecule has 2 saturated carbocycles. The molecule has 3 N–H and O–H groups in total. The predicted octanol–water partition coefficient (Wildman–Crippen LogP) is 2.44. The smallest absolute Gasteiger partial charge is 0.408 e. The quantitative estimate of drug-likeness (QED) is 0.235. The normalized spacial score (nSPS) is 24.5. The average Bonchev–Trinajstić information content (AvgIpc) is 3.23. The molecule has 2 aliphatic carbocycles. The molecule has 5 atom stereocenters. The van der Waals surface area contributed by atoms with E-state index in [-0.39, 0.29) is 41.9 Å². The number of amides is 4. The van der Waals surface area contributed by atoms with Crippen LogP contribution in [-0.4, -0.2) is 77.1 Å². The van der Waals surface area contributed by atoms with Gasteiger partial charge in [-0.15, -0.1) is 13.2 Å². The standard InChI is InChI=1S/C31H46N4O7/c1-8-10-11-21(25(37)27(39)32-16-9-2)33-26(38)24-22-20(31(22,6)7)17-35(24)28(40)23(18-12-14-19(36)15-13-18)34-29(41)42-30(3,4)5/h8-9,18,20-24H,1-2,10-17H2,3-7H3,(H,32,39)(H,33,38)(H,34,41)/t20?,21?,22?,23-,24-/m0/s1. The van der Waals surface area contributed by atoms with Crippen molar-refractivity contribution in [2.75, 3.05) is 13.1 Å². The van der Waals surface area contributed by atoms with Crippen molar-refractivity contribution in [3.63, 3.8) is 0 Å². The number of nitrogens with zero attached hydrogens (tertiary/aromatic N) is 1. The van der Waals surface area contributed by atoms with Gasteiger partial charge in [-0.1, -0.05) is 26.0 Å². The Balaban J connectivity index is 1.86. The SMILES string of the molecule is C=CCCC(NC(=O)[C@@H]1C2C(CN1C(=O)[C@@H](NC(=O)OC(C)(C)C)C1CCC(=O)CC1)C2(C)C)C(=O)C(=O)NCC=C. The molecule has 0 aromatic carbocycles. The molecule has 11 heteroatoms. The fraction of sp³-hybridized carbons (Fsp3) is 0.677. The first kappa shape index (κ1) is 33.0. The summed E-state index contributed by atoms with van der Waals surface area (Å²) in [7, 11) is 0. The molecule has 0 aromatic heterocycles. The molecule has 1 aliphatic heterocycles. The summed E-state index contributed by atoms with van der Waals surface area (Å²) in [5.41, 5.74) is -0.987. The van der Waals surface area contributed by atoms with E-state index in [1.54, 1.807) is 26.8 Å². The summed E-state index contributed by atoms with van der Waals surface area (Å²) in [6, 6.07) is -2.97. The minimum absolute atomic E-state index is 0.0607. The lowest BCUT2D eigenvalue weighted by Crippen LogP contribution is -2.60. The second-order valence-corrected chi connectivity index (χ2v) is 13.2. The highest BCUT2D eigenvalue weighted by Gasteiger charge is 2.69. The number of allylic oxidation sites excluding steroid dienone is 1. The molecule has 232 valence electrons. The van der Waals surface area contributed by atoms with Crippen molar-refractivity contribution in [2.45, 2.75) is 96.9 Å². The summed E-state index contributed by atoms with van der Waals surface area (Å²) >= 11 is 0. The lowest BCUT2D eigenvalue weighted by molar-refractivity contribution is -0.145. The molecule has 42 heavy (non-hydrogen) atoms. The highest BCUT2D eigenvalue weighted by molar-refractivity contribution is 6.38. The van der Waals surface area contributed by atoms with E-state index in [4.69, 9.17) is 4.74 Å². The first-order valence-electron chi connectivity index (χ1n) is 14.8. The second kappa shape index (κ2) is 13.2. The molecule has 3 unspecified atom stereocenters. The first-order chi connectivity index (χ1) is 19.6. The van der Waals surface area contributed by atoms with Crippen LogP contribution in [-0.2, 0) is 28.7 Å². The van der Waals surface area contributed by atoms with E-state index >= 15 is 0 Å². The second-order valence-electron chi connectivity index (χ2n) is 13.2. The summed E-state index contributed by atoms with van der Waals surface area (Å²) in [5.74, 6) is -2.83. The molecule has 0 bridgehead atoms. The van der Waals surface area contributed by atoms with Crippen LogP contribution in [0.2, 0.25) is 0 Å². The molecule has 3 aliphatic rings. The van der Waals surface area contributed by atoms with Gasteiger partial charge < -0.3 is 25.6 Å². The zero-order valence-electron chi connectivity index (χ0n) is 25.5. The number of rotatable bonds is 12. The van der Waals surface area contributed by atoms with Gasteiger partial charge in [-0.2, -0.15) is 0 Å². The van der Waals surface area contributed by atoms with Crippen molar-refractivity contribution >= 4 is 35.4 Å². The van der Waals surface area contributed by atoms with E-state index in [2.05, 4.69) is 29.1 Å². The minimum Gasteiger partial charge on any atom is -0.444 e. The summed E-state index contributed by atoms with van der Waals surface area (Å²) in [6.45, 7) is 16.9. The molecule has 0 spiro atoms. The van der Waals surface area contributed by atoms with Crippen molar-refractivity contribution in [2.24, 2.45) is 23.2 Å². The number of fused-ring (bicyclic) bond motifs is 1. The van der Waals surface area contributed by atoms with Gasteiger partial charge in [0.05, 0.1) is 6.04 Å². The van der Waals surface area contributed by atoms with Gasteiger partial charge in [0.1, 0.15) is 23.5 Å². The average molecular weight is 587 g/mol. The number of likely N-dealkylation sites (tertiary alicyclic amines) is 1. The van der Waals surface area contributed by atoms with E-state index in [1.807, 2.05) is 13.8 Å². The Morgan fingerprint density at radius 1 is 1.07 bits per heavy atom. The van der Waals surface area contributed by atoms with E-state index in [9.17, 15) is 28.8 Å². The Labute approximate surface area is 248 Å². The monoisotopic (exact) mass is 586 g/mol. The molecule has 0 aromatic rings. The Kier molecular flexibility index (Phi) is 10.4. The number of ether oxygens (including phenoxy) is 1. The molecule has 4 amide bonds. The summed E-state index contributed by atoms with van der Waals surface area (Å²) in [6.07, 6.45) is 4.36. The van der Waals surface area contributed by atoms with E-state index in [1.165, 1.54) is 11.0 Å². The molecule has 0 radical (unpaired) electrons. The van der Waals surface area contributed by atoms with Crippen LogP contribution in [0.25, 0.3) is 0 Å². The number of piperidine rings is 1. The summed E-state index contributed by atoms with van der Waals surface area (Å²) in [5, 5.41) is 7.95. The summed E-state index contributed by atoms with van der Waals surface area (Å²) in [4.78, 5) is 79.7. The molecule has 3 rings (SSSR count). The number of hydrogen-bond acceptors (Lipinski definition) is 7. The first-order valence-corrected chi connectivity index (χ1v) is 14.8. The third-order valence-corrected chi connectivity index (χ3v) is 8.68. The van der Waals surface area contributed by atoms with Gasteiger partial charge in [0, 0.05) is 25.9 Å². The fourth-order valence-electron chi connectivity index (χ4n) is 6.32. The molecule has 11 nitrogen and oxygen atoms in total. The van der Waals surface area contributed by atoms with E-state index in [0.717, 1.165) is 0 Å². The maximum absolute atomic E-state index is 14.2. The zero-order chi connectivity index (χ0) is 31.4. The van der Waals surface area contributed by atoms with Crippen LogP contribution in [0.1, 0.15) is 73.1 Å². The number of ketones is 2. The Hall–Kier alpha value is -3.50. The van der Waals surface area contributed by atoms with Crippen molar-refractivity contribution < 1.29 is 33.5 Å². The highest BCUT2D eigenvalue weighted by atomic mass is 16.6. The summed E-state index contributed by atoms with van der Waals surface area (Å²) < 4.78 is 5.44. The topological polar surface area (TPSA) is 151 Å². The van der Waals surface area contributed by atoms with Crippen LogP contribution in [0.4, 0.5) is 4.79 Å². The maximum Gasteiger partial charge on any atom is 0.408 e. The molecule has 3 fully saturated rings. The van der Waals surface area contributed by atoms with Crippen LogP contribution in [0.5, 0.6) is 0 Å². The number of nitrogens with one attached hydrogen (secondary N) is 3. The van der Waals surface area contributed by atoms with Gasteiger partial charge in [0.25, 0.3) is 5.91 Å². The van der Waals surface area contributed by atoms with Gasteiger partial charge in [0.2, 0.25) is 17.6 Å². The lowest BCUT2D eigenvalue weighted by atomic mass is 9.82. The van der Waals surface area contributed by atoms with E-state index in [0.29, 0.717) is 38.6 Å². The van der Waals surface area contributed by atoms with Gasteiger partial charge in [-0.05, 0) is 69.6 Å². The van der Waals surface area contributed by atoms with Crippen molar-refractivity contribution in [3.8, 4) is 0 Å². The third-order valence-electron chi connectivity index (χ3n) is 8.68. The maximum atomic E-state index is 14.2. The van der Waals surface area contributed by atoms with Crippen LogP contribution < -0.4 is 16.0 Å². The van der Waals surface area contributed by atoms with Gasteiger partial charge >= 0.3 is 6.09 Å². The van der Waals surface area contributed by atoms with Crippen LogP contribution in [0.15, 0.2) is 25.3 Å². The number of carbonyl (C=O) groups is 6. The Bertz CT molecular complexity index is 1110. The molecular formula is C31H46N4O7. The largest absolute Gasteiger partial charge is 0.444 e. The highest BCUT2D eigenvalue weighted by Crippen LogP contribution is 2.65. The van der Waals surface area contributed by atoms with Crippen molar-refractivity contribution in [1.82, 2.24) is 20.9 Å². The Morgan fingerprint density at radius 2 is 1.71 bits per heavy atom. The number of hydrogen-bond donors (Lipinski definition) is 3. The molecule has 1 saturated heterocycles. The van der Waals surface area contributed by atoms with Crippen molar-refractivity contribution in [3.05, 3.63) is 25.3 Å². The number of Topliss-reactive ketones (excluding diaryl/α,β-unsaturated/α-hetero) is 2. The Morgan fingerprint density at radius 3 is 2.29 bits per heavy atom. The third kappa shape index (κ3) is 7.66. The van der Waals surface area contributed by atoms with Gasteiger partial charge in [-0.25, -0.2) is 4.79 Å². The van der Waals surface area contributed by atoms with E-state index < -0.39 is 53.3 Å². The van der Waals surface area contributed by atoms with Gasteiger partial charge in [0.15, 0.2) is 0 Å². The predicted molar refractivity (Wildman–Crippen MR) is 156 cm³/mol. The van der Waals surface area contributed by atoms with Gasteiger partial charge in [-0.3, -0.25) is 24.0 Å². The zero-order valence-corrected chi connectivity index (χ0v) is 25.5. The van der Waals surface area contributed by atoms with Crippen LogP contribution in [0, 0.1) is 23.2 Å². The van der Waals surface area contributed by atoms with Crippen LogP contribution >= 0.6 is 0 Å². The van der Waals surface area contributed by atoms with Crippen molar-refractivity contribution in [1.29, 1.82) is 0 Å². The minimum atomic E-state index is -1.10. The lowest BCUT2D eigenvalue weighted by Gasteiger charge is -2.37. The molecular weight excluding hydrogens is 540 g/mol. The number of alkyl carbamates (subject to hydrolysis) is 1. The molecule has 1 heterocycles. The number of carbonyl (C=O) groups excluding carboxylic acids is 6.